The number of carbonyl (C=O) groups is 1. The molecule has 0 saturated heterocycles. The van der Waals surface area contributed by atoms with E-state index in [0.29, 0.717) is 37.6 Å². The Morgan fingerprint density at radius 2 is 1.14 bits per heavy atom. The van der Waals surface area contributed by atoms with Gasteiger partial charge in [0.1, 0.15) is 11.5 Å². The summed E-state index contributed by atoms with van der Waals surface area (Å²) in [5.41, 5.74) is 1.80. The molecule has 0 amide bonds. The van der Waals surface area contributed by atoms with Crippen LogP contribution in [0, 0.1) is 0 Å². The fourth-order valence-corrected chi connectivity index (χ4v) is 3.05. The highest BCUT2D eigenvalue weighted by atomic mass is 16.7. The van der Waals surface area contributed by atoms with Gasteiger partial charge in [-0.1, -0.05) is 36.4 Å². The Hall–Kier alpha value is -2.37. The molecule has 0 bridgehead atoms. The molecule has 0 heterocycles. The molecule has 28 heavy (non-hydrogen) atoms. The zero-order chi connectivity index (χ0) is 20.4. The van der Waals surface area contributed by atoms with Crippen LogP contribution in [0.5, 0.6) is 11.5 Å². The maximum atomic E-state index is 12.4. The van der Waals surface area contributed by atoms with E-state index in [2.05, 4.69) is 0 Å². The molecule has 2 atom stereocenters. The van der Waals surface area contributed by atoms with Crippen molar-refractivity contribution in [3.8, 4) is 11.5 Å². The fourth-order valence-electron chi connectivity index (χ4n) is 3.05. The van der Waals surface area contributed by atoms with Gasteiger partial charge >= 0.3 is 6.16 Å². The summed E-state index contributed by atoms with van der Waals surface area (Å²) in [6.07, 6.45) is 0.616. The van der Waals surface area contributed by atoms with Gasteiger partial charge in [0.05, 0.1) is 12.2 Å². The van der Waals surface area contributed by atoms with Crippen LogP contribution in [0.4, 0.5) is 4.79 Å². The average molecular weight is 386 g/mol. The smallest absolute Gasteiger partial charge is 0.394 e. The molecule has 0 saturated carbocycles. The Kier molecular flexibility index (Phi) is 8.98. The molecule has 5 heteroatoms. The average Bonchev–Trinajstić information content (AvgIpc) is 2.65. The zero-order valence-electron chi connectivity index (χ0n) is 17.1. The Balaban J connectivity index is 2.05. The molecule has 2 aromatic rings. The SMILES string of the molecule is CCOC(C)Cc1ccccc1OC(=O)Oc1ccccc1CC(C)OCC. The summed E-state index contributed by atoms with van der Waals surface area (Å²) in [5.74, 6) is 0.971. The Bertz CT molecular complexity index is 682. The lowest BCUT2D eigenvalue weighted by Crippen LogP contribution is -2.18. The second kappa shape index (κ2) is 11.5. The first-order chi connectivity index (χ1) is 13.5. The molecule has 0 aromatic heterocycles. The second-order valence-electron chi connectivity index (χ2n) is 6.61. The van der Waals surface area contributed by atoms with Gasteiger partial charge in [0.15, 0.2) is 0 Å². The van der Waals surface area contributed by atoms with E-state index >= 15 is 0 Å². The Labute approximate surface area is 167 Å². The number of hydrogen-bond acceptors (Lipinski definition) is 5. The Morgan fingerprint density at radius 3 is 1.54 bits per heavy atom. The monoisotopic (exact) mass is 386 g/mol. The molecular weight excluding hydrogens is 356 g/mol. The Morgan fingerprint density at radius 1 is 0.750 bits per heavy atom. The van der Waals surface area contributed by atoms with Crippen LogP contribution in [0.15, 0.2) is 48.5 Å². The van der Waals surface area contributed by atoms with Gasteiger partial charge in [-0.05, 0) is 51.0 Å². The lowest BCUT2D eigenvalue weighted by atomic mass is 10.1. The summed E-state index contributed by atoms with van der Waals surface area (Å²) in [5, 5.41) is 0. The predicted molar refractivity (Wildman–Crippen MR) is 109 cm³/mol. The van der Waals surface area contributed by atoms with E-state index in [1.54, 1.807) is 12.1 Å². The van der Waals surface area contributed by atoms with Crippen LogP contribution in [-0.2, 0) is 22.3 Å². The van der Waals surface area contributed by atoms with Gasteiger partial charge in [-0.2, -0.15) is 0 Å². The molecule has 2 aromatic carbocycles. The molecule has 2 unspecified atom stereocenters. The van der Waals surface area contributed by atoms with Crippen LogP contribution in [0.25, 0.3) is 0 Å². The highest BCUT2D eigenvalue weighted by Gasteiger charge is 2.16. The van der Waals surface area contributed by atoms with E-state index in [1.165, 1.54) is 0 Å². The van der Waals surface area contributed by atoms with Crippen LogP contribution in [0.1, 0.15) is 38.8 Å². The lowest BCUT2D eigenvalue weighted by molar-refractivity contribution is 0.0758. The number of rotatable bonds is 10. The predicted octanol–water partition coefficient (Wildman–Crippen LogP) is 5.20. The molecule has 0 aliphatic rings. The van der Waals surface area contributed by atoms with Gasteiger partial charge in [-0.15, -0.1) is 0 Å². The van der Waals surface area contributed by atoms with Crippen molar-refractivity contribution in [1.82, 2.24) is 0 Å². The van der Waals surface area contributed by atoms with Crippen LogP contribution in [0.2, 0.25) is 0 Å². The molecule has 0 fully saturated rings. The van der Waals surface area contributed by atoms with Gasteiger partial charge < -0.3 is 18.9 Å². The summed E-state index contributed by atoms with van der Waals surface area (Å²) in [6, 6.07) is 14.9. The minimum absolute atomic E-state index is 0.0338. The van der Waals surface area contributed by atoms with Crippen molar-refractivity contribution in [1.29, 1.82) is 0 Å². The maximum absolute atomic E-state index is 12.4. The maximum Gasteiger partial charge on any atom is 0.519 e. The molecule has 0 N–H and O–H groups in total. The van der Waals surface area contributed by atoms with Crippen molar-refractivity contribution in [2.45, 2.75) is 52.7 Å². The van der Waals surface area contributed by atoms with E-state index in [4.69, 9.17) is 18.9 Å². The van der Waals surface area contributed by atoms with Gasteiger partial charge in [0.2, 0.25) is 0 Å². The quantitative estimate of drug-likeness (QED) is 0.415. The summed E-state index contributed by atoms with van der Waals surface area (Å²) in [4.78, 5) is 12.4. The summed E-state index contributed by atoms with van der Waals surface area (Å²) in [6.45, 7) is 9.19. The van der Waals surface area contributed by atoms with Crippen molar-refractivity contribution in [3.63, 3.8) is 0 Å². The summed E-state index contributed by atoms with van der Waals surface area (Å²) in [7, 11) is 0. The van der Waals surface area contributed by atoms with E-state index in [-0.39, 0.29) is 12.2 Å². The second-order valence-corrected chi connectivity index (χ2v) is 6.61. The normalized spacial score (nSPS) is 13.0. The van der Waals surface area contributed by atoms with Crippen molar-refractivity contribution in [2.75, 3.05) is 13.2 Å². The standard InChI is InChI=1S/C23H30O5/c1-5-25-17(3)15-19-11-7-9-13-21(19)27-23(24)28-22-14-10-8-12-20(22)16-18(4)26-6-2/h7-14,17-18H,5-6,15-16H2,1-4H3. The van der Waals surface area contributed by atoms with E-state index < -0.39 is 6.16 Å². The van der Waals surface area contributed by atoms with E-state index in [9.17, 15) is 4.79 Å². The highest BCUT2D eigenvalue weighted by Crippen LogP contribution is 2.24. The minimum atomic E-state index is -0.756. The molecule has 0 aliphatic heterocycles. The number of para-hydroxylation sites is 2. The van der Waals surface area contributed by atoms with Gasteiger partial charge in [-0.25, -0.2) is 4.79 Å². The molecule has 0 radical (unpaired) electrons. The first-order valence-electron chi connectivity index (χ1n) is 9.82. The topological polar surface area (TPSA) is 54.0 Å². The minimum Gasteiger partial charge on any atom is -0.394 e. The van der Waals surface area contributed by atoms with Crippen molar-refractivity contribution >= 4 is 6.16 Å². The first kappa shape index (κ1) is 21.9. The van der Waals surface area contributed by atoms with E-state index in [1.807, 2.05) is 64.1 Å². The van der Waals surface area contributed by atoms with Crippen LogP contribution in [-0.4, -0.2) is 31.6 Å². The first-order valence-corrected chi connectivity index (χ1v) is 9.82. The van der Waals surface area contributed by atoms with Gasteiger partial charge in [-0.3, -0.25) is 0 Å². The summed E-state index contributed by atoms with van der Waals surface area (Å²) >= 11 is 0. The van der Waals surface area contributed by atoms with Crippen LogP contribution < -0.4 is 9.47 Å². The lowest BCUT2D eigenvalue weighted by Gasteiger charge is -2.16. The van der Waals surface area contributed by atoms with E-state index in [0.717, 1.165) is 11.1 Å². The highest BCUT2D eigenvalue weighted by molar-refractivity contribution is 5.68. The molecule has 2 rings (SSSR count). The largest absolute Gasteiger partial charge is 0.519 e. The molecular formula is C23H30O5. The number of hydrogen-bond donors (Lipinski definition) is 0. The van der Waals surface area contributed by atoms with Crippen molar-refractivity contribution < 1.29 is 23.7 Å². The third-order valence-corrected chi connectivity index (χ3v) is 4.25. The summed E-state index contributed by atoms with van der Waals surface area (Å²) < 4.78 is 22.2. The van der Waals surface area contributed by atoms with Crippen LogP contribution >= 0.6 is 0 Å². The number of ether oxygens (including phenoxy) is 4. The third-order valence-electron chi connectivity index (χ3n) is 4.25. The fraction of sp³-hybridized carbons (Fsp3) is 0.435. The number of benzene rings is 2. The number of carbonyl (C=O) groups excluding carboxylic acids is 1. The molecule has 5 nitrogen and oxygen atoms in total. The molecule has 152 valence electrons. The third kappa shape index (κ3) is 6.98. The van der Waals surface area contributed by atoms with Crippen LogP contribution in [0.3, 0.4) is 0 Å². The molecule has 0 aliphatic carbocycles. The zero-order valence-corrected chi connectivity index (χ0v) is 17.1. The van der Waals surface area contributed by atoms with Crippen molar-refractivity contribution in [3.05, 3.63) is 59.7 Å². The molecule has 0 spiro atoms. The van der Waals surface area contributed by atoms with Crippen molar-refractivity contribution in [2.24, 2.45) is 0 Å². The van der Waals surface area contributed by atoms with Gasteiger partial charge in [0, 0.05) is 26.1 Å². The van der Waals surface area contributed by atoms with Gasteiger partial charge in [0.25, 0.3) is 0 Å².